The number of nitrogens with one attached hydrogen (secondary N) is 1. The van der Waals surface area contributed by atoms with Gasteiger partial charge in [-0.3, -0.25) is 4.79 Å². The normalized spacial score (nSPS) is 15.8. The Labute approximate surface area is 180 Å². The molecule has 6 nitrogen and oxygen atoms in total. The third-order valence-corrected chi connectivity index (χ3v) is 7.94. The number of anilines is 1. The molecule has 2 aromatic carbocycles. The highest BCUT2D eigenvalue weighted by molar-refractivity contribution is 7.98. The lowest BCUT2D eigenvalue weighted by Crippen LogP contribution is -2.41. The first-order valence-electron chi connectivity index (χ1n) is 9.14. The van der Waals surface area contributed by atoms with Gasteiger partial charge in [0.05, 0.1) is 22.7 Å². The number of carbonyl (C=O) groups is 1. The predicted octanol–water partition coefficient (Wildman–Crippen LogP) is 4.11. The molecular weight excluding hydrogens is 432 g/mol. The highest BCUT2D eigenvalue weighted by Gasteiger charge is 2.32. The average Bonchev–Trinajstić information content (AvgIpc) is 2.74. The molecule has 0 aliphatic carbocycles. The average molecular weight is 455 g/mol. The number of amides is 1. The molecule has 0 unspecified atom stereocenters. The molecule has 0 bridgehead atoms. The standard InChI is InChI=1S/C20H23ClN2O4S2/c1-27-18-8-7-15(13-16(18)21)29(25,26)23-11-9-14(10-12-23)20(24)22-17-5-3-4-6-19(17)28-2/h3-8,13-14H,9-12H2,1-2H3,(H,22,24). The second-order valence-corrected chi connectivity index (χ2v) is 9.86. The molecule has 3 rings (SSSR count). The lowest BCUT2D eigenvalue weighted by molar-refractivity contribution is -0.120. The summed E-state index contributed by atoms with van der Waals surface area (Å²) in [5.41, 5.74) is 0.785. The van der Waals surface area contributed by atoms with Crippen molar-refractivity contribution in [2.75, 3.05) is 31.8 Å². The molecule has 1 saturated heterocycles. The van der Waals surface area contributed by atoms with E-state index in [1.54, 1.807) is 17.8 Å². The Balaban J connectivity index is 1.65. The van der Waals surface area contributed by atoms with Crippen molar-refractivity contribution in [3.05, 3.63) is 47.5 Å². The van der Waals surface area contributed by atoms with Crippen LogP contribution in [0, 0.1) is 5.92 Å². The number of thioether (sulfide) groups is 1. The second kappa shape index (κ2) is 9.38. The zero-order valence-electron chi connectivity index (χ0n) is 16.2. The minimum atomic E-state index is -3.67. The Morgan fingerprint density at radius 1 is 1.21 bits per heavy atom. The number of benzene rings is 2. The number of para-hydroxylation sites is 1. The third kappa shape index (κ3) is 4.88. The van der Waals surface area contributed by atoms with Gasteiger partial charge in [-0.25, -0.2) is 8.42 Å². The summed E-state index contributed by atoms with van der Waals surface area (Å²) in [5, 5.41) is 3.22. The van der Waals surface area contributed by atoms with Crippen molar-refractivity contribution < 1.29 is 17.9 Å². The molecule has 156 valence electrons. The van der Waals surface area contributed by atoms with Gasteiger partial charge in [-0.2, -0.15) is 4.31 Å². The number of piperidine rings is 1. The van der Waals surface area contributed by atoms with Gasteiger partial charge in [-0.1, -0.05) is 23.7 Å². The van der Waals surface area contributed by atoms with Gasteiger partial charge in [0.2, 0.25) is 15.9 Å². The molecule has 1 amide bonds. The van der Waals surface area contributed by atoms with Crippen LogP contribution >= 0.6 is 23.4 Å². The number of halogens is 1. The van der Waals surface area contributed by atoms with Crippen LogP contribution in [0.25, 0.3) is 0 Å². The second-order valence-electron chi connectivity index (χ2n) is 6.66. The zero-order valence-corrected chi connectivity index (χ0v) is 18.6. The molecule has 1 aliphatic rings. The van der Waals surface area contributed by atoms with E-state index in [-0.39, 0.29) is 34.8 Å². The van der Waals surface area contributed by atoms with Crippen LogP contribution in [0.5, 0.6) is 5.75 Å². The number of carbonyl (C=O) groups excluding carboxylic acids is 1. The third-order valence-electron chi connectivity index (χ3n) is 4.95. The molecule has 0 atom stereocenters. The van der Waals surface area contributed by atoms with E-state index in [9.17, 15) is 13.2 Å². The van der Waals surface area contributed by atoms with Crippen LogP contribution < -0.4 is 10.1 Å². The van der Waals surface area contributed by atoms with E-state index in [2.05, 4.69) is 5.32 Å². The van der Waals surface area contributed by atoms with Gasteiger partial charge in [-0.15, -0.1) is 11.8 Å². The maximum atomic E-state index is 12.9. The summed E-state index contributed by atoms with van der Waals surface area (Å²) < 4.78 is 32.3. The fourth-order valence-corrected chi connectivity index (χ4v) is 5.67. The van der Waals surface area contributed by atoms with Gasteiger partial charge in [-0.05, 0) is 49.4 Å². The SMILES string of the molecule is COc1ccc(S(=O)(=O)N2CCC(C(=O)Nc3ccccc3SC)CC2)cc1Cl. The van der Waals surface area contributed by atoms with E-state index >= 15 is 0 Å². The first kappa shape index (κ1) is 22.0. The number of hydrogen-bond donors (Lipinski definition) is 1. The summed E-state index contributed by atoms with van der Waals surface area (Å²) in [7, 11) is -2.19. The molecule has 1 aliphatic heterocycles. The molecule has 1 N–H and O–H groups in total. The Hall–Kier alpha value is -1.74. The van der Waals surface area contributed by atoms with Crippen molar-refractivity contribution in [3.8, 4) is 5.75 Å². The van der Waals surface area contributed by atoms with Crippen molar-refractivity contribution in [3.63, 3.8) is 0 Å². The first-order valence-corrected chi connectivity index (χ1v) is 12.2. The van der Waals surface area contributed by atoms with Gasteiger partial charge in [0.25, 0.3) is 0 Å². The molecule has 0 radical (unpaired) electrons. The molecule has 0 spiro atoms. The molecular formula is C20H23ClN2O4S2. The van der Waals surface area contributed by atoms with Crippen LogP contribution in [0.3, 0.4) is 0 Å². The Kier molecular flexibility index (Phi) is 7.10. The van der Waals surface area contributed by atoms with Crippen molar-refractivity contribution in [1.29, 1.82) is 0 Å². The van der Waals surface area contributed by atoms with Gasteiger partial charge < -0.3 is 10.1 Å². The number of sulfonamides is 1. The van der Waals surface area contributed by atoms with E-state index in [1.807, 2.05) is 30.5 Å². The first-order chi connectivity index (χ1) is 13.9. The summed E-state index contributed by atoms with van der Waals surface area (Å²) in [6, 6.07) is 12.1. The Bertz CT molecular complexity index is 990. The number of hydrogen-bond acceptors (Lipinski definition) is 5. The summed E-state index contributed by atoms with van der Waals surface area (Å²) in [4.78, 5) is 13.8. The van der Waals surface area contributed by atoms with E-state index in [4.69, 9.17) is 16.3 Å². The number of nitrogens with zero attached hydrogens (tertiary/aromatic N) is 1. The van der Waals surface area contributed by atoms with E-state index in [0.29, 0.717) is 18.6 Å². The monoisotopic (exact) mass is 454 g/mol. The van der Waals surface area contributed by atoms with Crippen LogP contribution in [0.1, 0.15) is 12.8 Å². The van der Waals surface area contributed by atoms with Crippen LogP contribution in [-0.4, -0.2) is 45.1 Å². The van der Waals surface area contributed by atoms with Crippen molar-refractivity contribution in [2.24, 2.45) is 5.92 Å². The molecule has 9 heteroatoms. The lowest BCUT2D eigenvalue weighted by Gasteiger charge is -2.30. The number of rotatable bonds is 6. The quantitative estimate of drug-likeness (QED) is 0.665. The highest BCUT2D eigenvalue weighted by atomic mass is 35.5. The maximum absolute atomic E-state index is 12.9. The molecule has 1 heterocycles. The summed E-state index contributed by atoms with van der Waals surface area (Å²) in [5.74, 6) is 0.123. The fraction of sp³-hybridized carbons (Fsp3) is 0.350. The maximum Gasteiger partial charge on any atom is 0.243 e. The smallest absolute Gasteiger partial charge is 0.243 e. The lowest BCUT2D eigenvalue weighted by atomic mass is 9.97. The molecule has 2 aromatic rings. The van der Waals surface area contributed by atoms with Crippen molar-refractivity contribution in [2.45, 2.75) is 22.6 Å². The molecule has 29 heavy (non-hydrogen) atoms. The number of methoxy groups -OCH3 is 1. The van der Waals surface area contributed by atoms with Gasteiger partial charge >= 0.3 is 0 Å². The van der Waals surface area contributed by atoms with E-state index in [0.717, 1.165) is 10.6 Å². The highest BCUT2D eigenvalue weighted by Crippen LogP contribution is 2.31. The largest absolute Gasteiger partial charge is 0.495 e. The Morgan fingerprint density at radius 3 is 2.52 bits per heavy atom. The van der Waals surface area contributed by atoms with E-state index < -0.39 is 10.0 Å². The fourth-order valence-electron chi connectivity index (χ4n) is 3.30. The minimum absolute atomic E-state index is 0.0731. The predicted molar refractivity (Wildman–Crippen MR) is 116 cm³/mol. The van der Waals surface area contributed by atoms with Crippen molar-refractivity contribution >= 4 is 45.0 Å². The minimum Gasteiger partial charge on any atom is -0.495 e. The van der Waals surface area contributed by atoms with E-state index in [1.165, 1.54) is 23.5 Å². The Morgan fingerprint density at radius 2 is 1.90 bits per heavy atom. The molecule has 1 fully saturated rings. The van der Waals surface area contributed by atoms with Crippen LogP contribution in [0.15, 0.2) is 52.3 Å². The zero-order chi connectivity index (χ0) is 21.0. The van der Waals surface area contributed by atoms with Crippen LogP contribution in [0.4, 0.5) is 5.69 Å². The number of ether oxygens (including phenoxy) is 1. The van der Waals surface area contributed by atoms with Crippen molar-refractivity contribution in [1.82, 2.24) is 4.31 Å². The van der Waals surface area contributed by atoms with Crippen LogP contribution in [-0.2, 0) is 14.8 Å². The topological polar surface area (TPSA) is 75.7 Å². The van der Waals surface area contributed by atoms with Gasteiger partial charge in [0.15, 0.2) is 0 Å². The summed E-state index contributed by atoms with van der Waals surface area (Å²) >= 11 is 7.65. The van der Waals surface area contributed by atoms with Gasteiger partial charge in [0.1, 0.15) is 5.75 Å². The molecule has 0 saturated carbocycles. The van der Waals surface area contributed by atoms with Crippen LogP contribution in [0.2, 0.25) is 5.02 Å². The summed E-state index contributed by atoms with van der Waals surface area (Å²) in [6.45, 7) is 0.572. The summed E-state index contributed by atoms with van der Waals surface area (Å²) in [6.07, 6.45) is 2.90. The molecule has 0 aromatic heterocycles. The van der Waals surface area contributed by atoms with Gasteiger partial charge in [0, 0.05) is 23.9 Å².